The van der Waals surface area contributed by atoms with Crippen LogP contribution in [0.25, 0.3) is 0 Å². The maximum Gasteiger partial charge on any atom is 0.311 e. The molecule has 0 aliphatic heterocycles. The summed E-state index contributed by atoms with van der Waals surface area (Å²) in [5.41, 5.74) is 1.42. The summed E-state index contributed by atoms with van der Waals surface area (Å²) in [5.74, 6) is 0.129. The second kappa shape index (κ2) is 8.24. The number of benzene rings is 2. The highest BCUT2D eigenvalue weighted by molar-refractivity contribution is 5.78. The summed E-state index contributed by atoms with van der Waals surface area (Å²) in [5, 5.41) is 9.76. The monoisotopic (exact) mass is 330 g/mol. The molecule has 0 aliphatic carbocycles. The van der Waals surface area contributed by atoms with E-state index in [0.717, 1.165) is 5.56 Å². The van der Waals surface area contributed by atoms with Crippen molar-refractivity contribution in [3.05, 3.63) is 53.6 Å². The highest BCUT2D eigenvalue weighted by atomic mass is 16.5. The highest BCUT2D eigenvalue weighted by Crippen LogP contribution is 2.34. The van der Waals surface area contributed by atoms with Gasteiger partial charge >= 0.3 is 5.97 Å². The summed E-state index contributed by atoms with van der Waals surface area (Å²) >= 11 is 0. The molecular formula is C19H22O5. The minimum atomic E-state index is -0.923. The summed E-state index contributed by atoms with van der Waals surface area (Å²) in [6.45, 7) is 2.42. The van der Waals surface area contributed by atoms with E-state index in [1.54, 1.807) is 25.3 Å². The summed E-state index contributed by atoms with van der Waals surface area (Å²) in [6.07, 6.45) is 0.301. The Bertz CT molecular complexity index is 696. The van der Waals surface area contributed by atoms with Crippen molar-refractivity contribution in [3.63, 3.8) is 0 Å². The summed E-state index contributed by atoms with van der Waals surface area (Å²) in [7, 11) is 3.07. The van der Waals surface area contributed by atoms with E-state index in [-0.39, 0.29) is 0 Å². The van der Waals surface area contributed by atoms with Crippen molar-refractivity contribution < 1.29 is 24.1 Å². The number of hydrogen-bond acceptors (Lipinski definition) is 4. The SMILES string of the molecule is CCOc1ccccc1CC(C(=O)O)c1cc(OC)ccc1OC. The number of para-hydroxylation sites is 1. The molecule has 0 amide bonds. The van der Waals surface area contributed by atoms with E-state index >= 15 is 0 Å². The smallest absolute Gasteiger partial charge is 0.311 e. The van der Waals surface area contributed by atoms with E-state index < -0.39 is 11.9 Å². The molecule has 2 aromatic carbocycles. The predicted molar refractivity (Wildman–Crippen MR) is 91.2 cm³/mol. The molecular weight excluding hydrogens is 308 g/mol. The van der Waals surface area contributed by atoms with Crippen LogP contribution in [-0.4, -0.2) is 31.9 Å². The molecule has 1 N–H and O–H groups in total. The summed E-state index contributed by atoms with van der Waals surface area (Å²) < 4.78 is 16.2. The van der Waals surface area contributed by atoms with Crippen molar-refractivity contribution in [1.29, 1.82) is 0 Å². The summed E-state index contributed by atoms with van der Waals surface area (Å²) in [6, 6.07) is 12.7. The molecule has 0 heterocycles. The van der Waals surface area contributed by atoms with Gasteiger partial charge in [-0.05, 0) is 43.2 Å². The fraction of sp³-hybridized carbons (Fsp3) is 0.316. The standard InChI is InChI=1S/C19H22O5/c1-4-24-17-8-6-5-7-13(17)11-16(19(20)21)15-12-14(22-2)9-10-18(15)23-3/h5-10,12,16H,4,11H2,1-3H3,(H,20,21). The second-order valence-corrected chi connectivity index (χ2v) is 5.24. The van der Waals surface area contributed by atoms with Crippen LogP contribution in [0.4, 0.5) is 0 Å². The number of aliphatic carboxylic acids is 1. The molecule has 0 radical (unpaired) electrons. The normalized spacial score (nSPS) is 11.6. The third-order valence-electron chi connectivity index (χ3n) is 3.81. The lowest BCUT2D eigenvalue weighted by molar-refractivity contribution is -0.138. The van der Waals surface area contributed by atoms with Gasteiger partial charge in [-0.2, -0.15) is 0 Å². The first-order valence-electron chi connectivity index (χ1n) is 7.76. The largest absolute Gasteiger partial charge is 0.497 e. The first kappa shape index (κ1) is 17.7. The van der Waals surface area contributed by atoms with Crippen LogP contribution in [0, 0.1) is 0 Å². The molecule has 1 atom stereocenters. The van der Waals surface area contributed by atoms with Crippen molar-refractivity contribution in [2.75, 3.05) is 20.8 Å². The third-order valence-corrected chi connectivity index (χ3v) is 3.81. The van der Waals surface area contributed by atoms with Crippen LogP contribution in [0.2, 0.25) is 0 Å². The zero-order chi connectivity index (χ0) is 17.5. The van der Waals surface area contributed by atoms with E-state index in [1.807, 2.05) is 31.2 Å². The van der Waals surface area contributed by atoms with E-state index in [0.29, 0.717) is 35.8 Å². The Morgan fingerprint density at radius 2 is 1.83 bits per heavy atom. The maximum atomic E-state index is 11.9. The molecule has 0 spiro atoms. The van der Waals surface area contributed by atoms with Crippen LogP contribution in [0.1, 0.15) is 24.0 Å². The van der Waals surface area contributed by atoms with Crippen LogP contribution in [-0.2, 0) is 11.2 Å². The Hall–Kier alpha value is -2.69. The first-order valence-corrected chi connectivity index (χ1v) is 7.76. The number of carboxylic acid groups (broad SMARTS) is 1. The fourth-order valence-electron chi connectivity index (χ4n) is 2.63. The number of hydrogen-bond donors (Lipinski definition) is 1. The highest BCUT2D eigenvalue weighted by Gasteiger charge is 2.25. The van der Waals surface area contributed by atoms with Gasteiger partial charge in [-0.15, -0.1) is 0 Å². The second-order valence-electron chi connectivity index (χ2n) is 5.24. The van der Waals surface area contributed by atoms with Crippen molar-refractivity contribution in [2.24, 2.45) is 0 Å². The molecule has 5 heteroatoms. The zero-order valence-electron chi connectivity index (χ0n) is 14.1. The minimum Gasteiger partial charge on any atom is -0.497 e. The van der Waals surface area contributed by atoms with Gasteiger partial charge in [-0.25, -0.2) is 0 Å². The molecule has 2 aromatic rings. The maximum absolute atomic E-state index is 11.9. The quantitative estimate of drug-likeness (QED) is 0.802. The van der Waals surface area contributed by atoms with E-state index in [4.69, 9.17) is 14.2 Å². The Morgan fingerprint density at radius 3 is 2.46 bits per heavy atom. The van der Waals surface area contributed by atoms with Crippen molar-refractivity contribution >= 4 is 5.97 Å². The Morgan fingerprint density at radius 1 is 1.08 bits per heavy atom. The van der Waals surface area contributed by atoms with Crippen molar-refractivity contribution in [2.45, 2.75) is 19.3 Å². The lowest BCUT2D eigenvalue weighted by atomic mass is 9.90. The van der Waals surface area contributed by atoms with Gasteiger partial charge in [0.1, 0.15) is 17.2 Å². The third kappa shape index (κ3) is 3.98. The van der Waals surface area contributed by atoms with Gasteiger partial charge in [-0.1, -0.05) is 18.2 Å². The number of carbonyl (C=O) groups is 1. The predicted octanol–water partition coefficient (Wildman–Crippen LogP) is 3.51. The zero-order valence-corrected chi connectivity index (χ0v) is 14.1. The van der Waals surface area contributed by atoms with E-state index in [1.165, 1.54) is 7.11 Å². The Balaban J connectivity index is 2.43. The van der Waals surface area contributed by atoms with E-state index in [2.05, 4.69) is 0 Å². The molecule has 0 fully saturated rings. The van der Waals surface area contributed by atoms with Crippen molar-refractivity contribution in [1.82, 2.24) is 0 Å². The molecule has 24 heavy (non-hydrogen) atoms. The van der Waals surface area contributed by atoms with Crippen molar-refractivity contribution in [3.8, 4) is 17.2 Å². The number of ether oxygens (including phenoxy) is 3. The average Bonchev–Trinajstić information content (AvgIpc) is 2.60. The van der Waals surface area contributed by atoms with Crippen LogP contribution in [0.3, 0.4) is 0 Å². The molecule has 1 unspecified atom stereocenters. The Kier molecular flexibility index (Phi) is 6.07. The van der Waals surface area contributed by atoms with Gasteiger partial charge in [0.05, 0.1) is 26.7 Å². The fourth-order valence-corrected chi connectivity index (χ4v) is 2.63. The molecule has 0 saturated heterocycles. The average molecular weight is 330 g/mol. The van der Waals surface area contributed by atoms with Gasteiger partial charge in [0.2, 0.25) is 0 Å². The lowest BCUT2D eigenvalue weighted by Gasteiger charge is -2.19. The lowest BCUT2D eigenvalue weighted by Crippen LogP contribution is -2.16. The number of methoxy groups -OCH3 is 2. The van der Waals surface area contributed by atoms with Crippen LogP contribution in [0.5, 0.6) is 17.2 Å². The number of carboxylic acids is 1. The molecule has 0 saturated carbocycles. The van der Waals surface area contributed by atoms with Crippen LogP contribution in [0.15, 0.2) is 42.5 Å². The Labute approximate surface area is 141 Å². The van der Waals surface area contributed by atoms with Gasteiger partial charge < -0.3 is 19.3 Å². The molecule has 128 valence electrons. The first-order chi connectivity index (χ1) is 11.6. The van der Waals surface area contributed by atoms with Gasteiger partial charge in [0, 0.05) is 5.56 Å². The molecule has 0 aliphatic rings. The van der Waals surface area contributed by atoms with Gasteiger partial charge in [0.15, 0.2) is 0 Å². The molecule has 0 aromatic heterocycles. The topological polar surface area (TPSA) is 65.0 Å². The molecule has 0 bridgehead atoms. The molecule has 2 rings (SSSR count). The van der Waals surface area contributed by atoms with Gasteiger partial charge in [0.25, 0.3) is 0 Å². The number of rotatable bonds is 8. The summed E-state index contributed by atoms with van der Waals surface area (Å²) in [4.78, 5) is 11.9. The van der Waals surface area contributed by atoms with Crippen LogP contribution < -0.4 is 14.2 Å². The minimum absolute atomic E-state index is 0.301. The van der Waals surface area contributed by atoms with Gasteiger partial charge in [-0.3, -0.25) is 4.79 Å². The van der Waals surface area contributed by atoms with Crippen LogP contribution >= 0.6 is 0 Å². The van der Waals surface area contributed by atoms with E-state index in [9.17, 15) is 9.90 Å². The molecule has 5 nitrogen and oxygen atoms in total.